The summed E-state index contributed by atoms with van der Waals surface area (Å²) in [4.78, 5) is 9.93. The first-order chi connectivity index (χ1) is 9.95. The van der Waals surface area contributed by atoms with E-state index < -0.39 is 16.8 Å². The van der Waals surface area contributed by atoms with E-state index in [0.29, 0.717) is 5.02 Å². The third-order valence-corrected chi connectivity index (χ3v) is 2.92. The van der Waals surface area contributed by atoms with Gasteiger partial charge in [0, 0.05) is 11.6 Å². The number of aliphatic hydroxyl groups is 1. The van der Waals surface area contributed by atoms with Crippen LogP contribution in [0.25, 0.3) is 0 Å². The van der Waals surface area contributed by atoms with Gasteiger partial charge in [-0.25, -0.2) is 4.39 Å². The Labute approximate surface area is 124 Å². The van der Waals surface area contributed by atoms with E-state index in [0.717, 1.165) is 6.20 Å². The zero-order valence-electron chi connectivity index (χ0n) is 10.7. The Morgan fingerprint density at radius 2 is 2.33 bits per heavy atom. The van der Waals surface area contributed by atoms with Crippen LogP contribution in [0.5, 0.6) is 0 Å². The standard InChI is InChI=1S/C12H12ClFN4O3/c13-8-1-2-11(14)12(3-8)15-5-10(19)7-17-6-9(4-16-17)18(20)21/h1-4,6,10,15,19H,5,7H2. The van der Waals surface area contributed by atoms with Gasteiger partial charge in [-0.05, 0) is 18.2 Å². The Balaban J connectivity index is 1.90. The first-order valence-corrected chi connectivity index (χ1v) is 6.37. The minimum absolute atomic E-state index is 0.0447. The second kappa shape index (κ2) is 6.51. The van der Waals surface area contributed by atoms with Gasteiger partial charge in [0.2, 0.25) is 0 Å². The molecule has 1 aromatic carbocycles. The number of nitrogens with one attached hydrogen (secondary N) is 1. The highest BCUT2D eigenvalue weighted by atomic mass is 35.5. The van der Waals surface area contributed by atoms with Crippen molar-refractivity contribution in [2.45, 2.75) is 12.6 Å². The van der Waals surface area contributed by atoms with Crippen molar-refractivity contribution in [3.05, 3.63) is 51.5 Å². The molecule has 0 radical (unpaired) electrons. The van der Waals surface area contributed by atoms with Crippen LogP contribution >= 0.6 is 11.6 Å². The molecule has 7 nitrogen and oxygen atoms in total. The molecule has 2 rings (SSSR count). The first kappa shape index (κ1) is 15.2. The molecule has 0 fully saturated rings. The minimum Gasteiger partial charge on any atom is -0.389 e. The maximum Gasteiger partial charge on any atom is 0.306 e. The lowest BCUT2D eigenvalue weighted by Gasteiger charge is -2.13. The molecule has 0 amide bonds. The number of anilines is 1. The first-order valence-electron chi connectivity index (χ1n) is 5.99. The SMILES string of the molecule is O=[N+]([O-])c1cnn(CC(O)CNc2cc(Cl)ccc2F)c1. The van der Waals surface area contributed by atoms with Crippen molar-refractivity contribution in [1.29, 1.82) is 0 Å². The summed E-state index contributed by atoms with van der Waals surface area (Å²) in [7, 11) is 0. The lowest BCUT2D eigenvalue weighted by molar-refractivity contribution is -0.385. The predicted molar refractivity (Wildman–Crippen MR) is 74.8 cm³/mol. The van der Waals surface area contributed by atoms with Crippen LogP contribution in [0.1, 0.15) is 0 Å². The normalized spacial score (nSPS) is 12.1. The van der Waals surface area contributed by atoms with Crippen LogP contribution in [0.4, 0.5) is 15.8 Å². The summed E-state index contributed by atoms with van der Waals surface area (Å²) < 4.78 is 14.7. The summed E-state index contributed by atoms with van der Waals surface area (Å²) in [6.45, 7) is 0.0912. The molecule has 112 valence electrons. The zero-order valence-corrected chi connectivity index (χ0v) is 11.5. The minimum atomic E-state index is -0.900. The fourth-order valence-corrected chi connectivity index (χ4v) is 1.86. The molecule has 9 heteroatoms. The molecule has 1 unspecified atom stereocenters. The van der Waals surface area contributed by atoms with Crippen molar-refractivity contribution < 1.29 is 14.4 Å². The summed E-state index contributed by atoms with van der Waals surface area (Å²) in [5.74, 6) is -0.485. The molecule has 0 aliphatic rings. The average molecular weight is 315 g/mol. The van der Waals surface area contributed by atoms with Crippen molar-refractivity contribution >= 4 is 23.0 Å². The molecule has 0 bridgehead atoms. The third-order valence-electron chi connectivity index (χ3n) is 2.68. The van der Waals surface area contributed by atoms with Gasteiger partial charge in [0.05, 0.1) is 23.3 Å². The summed E-state index contributed by atoms with van der Waals surface area (Å²) in [5, 5.41) is 27.2. The van der Waals surface area contributed by atoms with Crippen molar-refractivity contribution in [2.24, 2.45) is 0 Å². The molecule has 1 heterocycles. The number of benzene rings is 1. The van der Waals surface area contributed by atoms with Gasteiger partial charge in [-0.1, -0.05) is 11.6 Å². The smallest absolute Gasteiger partial charge is 0.306 e. The van der Waals surface area contributed by atoms with Crippen molar-refractivity contribution in [1.82, 2.24) is 9.78 Å². The average Bonchev–Trinajstić information content (AvgIpc) is 2.88. The molecule has 1 atom stereocenters. The number of aromatic nitrogens is 2. The summed E-state index contributed by atoms with van der Waals surface area (Å²) in [6, 6.07) is 4.04. The third kappa shape index (κ3) is 4.14. The topological polar surface area (TPSA) is 93.2 Å². The summed E-state index contributed by atoms with van der Waals surface area (Å²) in [5.41, 5.74) is 0.0176. The summed E-state index contributed by atoms with van der Waals surface area (Å²) in [6.07, 6.45) is 1.41. The van der Waals surface area contributed by atoms with Crippen LogP contribution in [-0.4, -0.2) is 32.5 Å². The van der Waals surface area contributed by atoms with Crippen LogP contribution in [-0.2, 0) is 6.54 Å². The van der Waals surface area contributed by atoms with E-state index in [1.54, 1.807) is 0 Å². The number of rotatable bonds is 6. The lowest BCUT2D eigenvalue weighted by Crippen LogP contribution is -2.25. The van der Waals surface area contributed by atoms with E-state index in [9.17, 15) is 19.6 Å². The fraction of sp³-hybridized carbons (Fsp3) is 0.250. The van der Waals surface area contributed by atoms with Crippen molar-refractivity contribution in [2.75, 3.05) is 11.9 Å². The maximum absolute atomic E-state index is 13.4. The van der Waals surface area contributed by atoms with E-state index in [4.69, 9.17) is 11.6 Å². The van der Waals surface area contributed by atoms with Gasteiger partial charge in [-0.2, -0.15) is 5.10 Å². The lowest BCUT2D eigenvalue weighted by atomic mass is 10.3. The molecule has 0 aliphatic heterocycles. The van der Waals surface area contributed by atoms with Crippen LogP contribution < -0.4 is 5.32 Å². The highest BCUT2D eigenvalue weighted by Crippen LogP contribution is 2.19. The van der Waals surface area contributed by atoms with Gasteiger partial charge in [0.1, 0.15) is 18.2 Å². The number of hydrogen-bond acceptors (Lipinski definition) is 5. The van der Waals surface area contributed by atoms with E-state index >= 15 is 0 Å². The number of hydrogen-bond donors (Lipinski definition) is 2. The second-order valence-corrected chi connectivity index (χ2v) is 4.77. The van der Waals surface area contributed by atoms with Gasteiger partial charge in [-0.3, -0.25) is 14.8 Å². The second-order valence-electron chi connectivity index (χ2n) is 4.34. The van der Waals surface area contributed by atoms with E-state index in [1.807, 2.05) is 0 Å². The van der Waals surface area contributed by atoms with Gasteiger partial charge in [0.25, 0.3) is 0 Å². The molecule has 0 saturated heterocycles. The monoisotopic (exact) mass is 314 g/mol. The zero-order chi connectivity index (χ0) is 15.4. The largest absolute Gasteiger partial charge is 0.389 e. The van der Waals surface area contributed by atoms with E-state index in [1.165, 1.54) is 29.1 Å². The Bertz CT molecular complexity index is 649. The Hall–Kier alpha value is -2.19. The Morgan fingerprint density at radius 3 is 3.00 bits per heavy atom. The van der Waals surface area contributed by atoms with Crippen LogP contribution in [0.3, 0.4) is 0 Å². The molecule has 0 aliphatic carbocycles. The fourth-order valence-electron chi connectivity index (χ4n) is 1.69. The maximum atomic E-state index is 13.4. The Kier molecular flexibility index (Phi) is 4.71. The van der Waals surface area contributed by atoms with Crippen LogP contribution in [0.2, 0.25) is 5.02 Å². The molecule has 2 N–H and O–H groups in total. The van der Waals surface area contributed by atoms with Crippen molar-refractivity contribution in [3.8, 4) is 0 Å². The summed E-state index contributed by atoms with van der Waals surface area (Å²) >= 11 is 5.75. The highest BCUT2D eigenvalue weighted by molar-refractivity contribution is 6.30. The molecule has 1 aromatic heterocycles. The molecule has 0 saturated carbocycles. The molecule has 0 spiro atoms. The number of aliphatic hydroxyl groups excluding tert-OH is 1. The molecular formula is C12H12ClFN4O3. The number of nitrogens with zero attached hydrogens (tertiary/aromatic N) is 3. The highest BCUT2D eigenvalue weighted by Gasteiger charge is 2.12. The van der Waals surface area contributed by atoms with Gasteiger partial charge < -0.3 is 10.4 Å². The van der Waals surface area contributed by atoms with Gasteiger partial charge in [0.15, 0.2) is 0 Å². The predicted octanol–water partition coefficient (Wildman–Crippen LogP) is 2.06. The number of nitro groups is 1. The molecule has 2 aromatic rings. The van der Waals surface area contributed by atoms with E-state index in [-0.39, 0.29) is 24.5 Å². The van der Waals surface area contributed by atoms with Gasteiger partial charge in [-0.15, -0.1) is 0 Å². The molecular weight excluding hydrogens is 303 g/mol. The molecule has 21 heavy (non-hydrogen) atoms. The van der Waals surface area contributed by atoms with Crippen LogP contribution in [0, 0.1) is 15.9 Å². The van der Waals surface area contributed by atoms with E-state index in [2.05, 4.69) is 10.4 Å². The quantitative estimate of drug-likeness (QED) is 0.629. The van der Waals surface area contributed by atoms with Crippen molar-refractivity contribution in [3.63, 3.8) is 0 Å². The Morgan fingerprint density at radius 1 is 1.57 bits per heavy atom. The van der Waals surface area contributed by atoms with Gasteiger partial charge >= 0.3 is 5.69 Å². The van der Waals surface area contributed by atoms with Crippen LogP contribution in [0.15, 0.2) is 30.6 Å². The number of halogens is 2.